The Morgan fingerprint density at radius 1 is 1.07 bits per heavy atom. The number of sulfonamides is 1. The van der Waals surface area contributed by atoms with Crippen LogP contribution in [0.5, 0.6) is 0 Å². The lowest BCUT2D eigenvalue weighted by molar-refractivity contribution is -0.124. The number of hydrogen-bond acceptors (Lipinski definition) is 3. The minimum absolute atomic E-state index is 0.0612. The third-order valence-corrected chi connectivity index (χ3v) is 7.42. The molecule has 0 saturated heterocycles. The van der Waals surface area contributed by atoms with Crippen molar-refractivity contribution in [2.45, 2.75) is 70.2 Å². The van der Waals surface area contributed by atoms with Crippen LogP contribution in [0.1, 0.15) is 55.4 Å². The van der Waals surface area contributed by atoms with Crippen LogP contribution in [-0.2, 0) is 20.2 Å². The van der Waals surface area contributed by atoms with Gasteiger partial charge in [0.25, 0.3) is 10.0 Å². The van der Waals surface area contributed by atoms with E-state index in [0.29, 0.717) is 10.6 Å². The normalized spacial score (nSPS) is 16.2. The van der Waals surface area contributed by atoms with Gasteiger partial charge in [0, 0.05) is 11.7 Å². The highest BCUT2D eigenvalue weighted by Crippen LogP contribution is 2.48. The van der Waals surface area contributed by atoms with Crippen molar-refractivity contribution in [1.29, 1.82) is 0 Å². The van der Waals surface area contributed by atoms with Crippen molar-refractivity contribution < 1.29 is 13.2 Å². The van der Waals surface area contributed by atoms with Gasteiger partial charge in [0.1, 0.15) is 0 Å². The second kappa shape index (κ2) is 7.82. The Bertz CT molecular complexity index is 1000. The van der Waals surface area contributed by atoms with Crippen LogP contribution >= 0.6 is 0 Å². The third kappa shape index (κ3) is 4.32. The van der Waals surface area contributed by atoms with Gasteiger partial charge < -0.3 is 5.32 Å². The van der Waals surface area contributed by atoms with E-state index < -0.39 is 15.4 Å². The van der Waals surface area contributed by atoms with E-state index in [1.54, 1.807) is 12.1 Å². The maximum absolute atomic E-state index is 12.9. The van der Waals surface area contributed by atoms with Crippen LogP contribution in [-0.4, -0.2) is 20.4 Å². The maximum Gasteiger partial charge on any atom is 0.262 e. The molecule has 1 aliphatic rings. The van der Waals surface area contributed by atoms with Gasteiger partial charge in [0.2, 0.25) is 5.91 Å². The van der Waals surface area contributed by atoms with Crippen LogP contribution in [0, 0.1) is 20.8 Å². The summed E-state index contributed by atoms with van der Waals surface area (Å²) in [5.74, 6) is 0.0612. The van der Waals surface area contributed by atoms with Crippen LogP contribution in [0.15, 0.2) is 41.3 Å². The summed E-state index contributed by atoms with van der Waals surface area (Å²) in [6, 6.07) is 11.1. The van der Waals surface area contributed by atoms with E-state index in [9.17, 15) is 13.2 Å². The fourth-order valence-corrected chi connectivity index (χ4v) is 5.40. The highest BCUT2D eigenvalue weighted by atomic mass is 32.2. The highest BCUT2D eigenvalue weighted by molar-refractivity contribution is 7.92. The molecule has 2 N–H and O–H groups in total. The van der Waals surface area contributed by atoms with E-state index in [2.05, 4.69) is 10.0 Å². The van der Waals surface area contributed by atoms with Gasteiger partial charge in [0.15, 0.2) is 0 Å². The average molecular weight is 415 g/mol. The standard InChI is InChI=1S/C23H30N2O3S/c1-6-18(5)24-22(26)23(11-12-23)19-7-9-20(10-8-19)25-29(27,28)21-16(3)13-15(2)14-17(21)4/h7-10,13-14,18,25H,6,11-12H2,1-5H3,(H,24,26)/t18-/m1/s1. The lowest BCUT2D eigenvalue weighted by Crippen LogP contribution is -2.39. The number of hydrogen-bond donors (Lipinski definition) is 2. The van der Waals surface area contributed by atoms with Gasteiger partial charge >= 0.3 is 0 Å². The Balaban J connectivity index is 1.80. The van der Waals surface area contributed by atoms with Crippen molar-refractivity contribution in [2.24, 2.45) is 0 Å². The van der Waals surface area contributed by atoms with Gasteiger partial charge in [-0.1, -0.05) is 36.8 Å². The summed E-state index contributed by atoms with van der Waals surface area (Å²) in [5.41, 5.74) is 3.45. The van der Waals surface area contributed by atoms with E-state index in [0.717, 1.165) is 41.5 Å². The smallest absolute Gasteiger partial charge is 0.262 e. The Morgan fingerprint density at radius 3 is 2.10 bits per heavy atom. The molecule has 1 fully saturated rings. The second-order valence-electron chi connectivity index (χ2n) is 8.28. The fraction of sp³-hybridized carbons (Fsp3) is 0.435. The fourth-order valence-electron chi connectivity index (χ4n) is 3.89. The van der Waals surface area contributed by atoms with Crippen molar-refractivity contribution in [1.82, 2.24) is 5.32 Å². The Hall–Kier alpha value is -2.34. The number of carbonyl (C=O) groups is 1. The lowest BCUT2D eigenvalue weighted by Gasteiger charge is -2.20. The van der Waals surface area contributed by atoms with Crippen LogP contribution < -0.4 is 10.0 Å². The zero-order valence-corrected chi connectivity index (χ0v) is 18.6. The first-order chi connectivity index (χ1) is 13.6. The molecule has 2 aromatic carbocycles. The molecule has 156 valence electrons. The van der Waals surface area contributed by atoms with E-state index in [1.165, 1.54) is 0 Å². The van der Waals surface area contributed by atoms with Crippen LogP contribution in [0.3, 0.4) is 0 Å². The summed E-state index contributed by atoms with van der Waals surface area (Å²) in [5, 5.41) is 3.07. The molecule has 6 heteroatoms. The second-order valence-corrected chi connectivity index (χ2v) is 9.89. The minimum atomic E-state index is -3.69. The first-order valence-electron chi connectivity index (χ1n) is 10.1. The Kier molecular flexibility index (Phi) is 5.77. The molecule has 29 heavy (non-hydrogen) atoms. The van der Waals surface area contributed by atoms with E-state index >= 15 is 0 Å². The lowest BCUT2D eigenvalue weighted by atomic mass is 9.94. The largest absolute Gasteiger partial charge is 0.353 e. The van der Waals surface area contributed by atoms with Gasteiger partial charge in [-0.25, -0.2) is 8.42 Å². The molecule has 0 aromatic heterocycles. The predicted molar refractivity (Wildman–Crippen MR) is 117 cm³/mol. The Labute approximate surface area is 174 Å². The summed E-state index contributed by atoms with van der Waals surface area (Å²) in [4.78, 5) is 13.0. The topological polar surface area (TPSA) is 75.3 Å². The number of aryl methyl sites for hydroxylation is 3. The first kappa shape index (κ1) is 21.4. The zero-order valence-electron chi connectivity index (χ0n) is 17.8. The summed E-state index contributed by atoms with van der Waals surface area (Å²) in [6.45, 7) is 9.62. The van der Waals surface area contributed by atoms with Crippen LogP contribution in [0.4, 0.5) is 5.69 Å². The van der Waals surface area contributed by atoms with Gasteiger partial charge in [-0.2, -0.15) is 0 Å². The predicted octanol–water partition coefficient (Wildman–Crippen LogP) is 4.36. The maximum atomic E-state index is 12.9. The molecule has 0 spiro atoms. The van der Waals surface area contributed by atoms with Crippen molar-refractivity contribution >= 4 is 21.6 Å². The number of benzene rings is 2. The van der Waals surface area contributed by atoms with E-state index in [-0.39, 0.29) is 11.9 Å². The van der Waals surface area contributed by atoms with Crippen LogP contribution in [0.2, 0.25) is 0 Å². The van der Waals surface area contributed by atoms with Gasteiger partial charge in [0.05, 0.1) is 10.3 Å². The molecule has 0 radical (unpaired) electrons. The van der Waals surface area contributed by atoms with E-state index in [4.69, 9.17) is 0 Å². The van der Waals surface area contributed by atoms with Gasteiger partial charge in [-0.15, -0.1) is 0 Å². The van der Waals surface area contributed by atoms with Crippen molar-refractivity contribution in [3.8, 4) is 0 Å². The minimum Gasteiger partial charge on any atom is -0.353 e. The van der Waals surface area contributed by atoms with Crippen molar-refractivity contribution in [2.75, 3.05) is 4.72 Å². The number of anilines is 1. The zero-order chi connectivity index (χ0) is 21.4. The number of rotatable bonds is 7. The molecule has 1 atom stereocenters. The number of carbonyl (C=O) groups excluding carboxylic acids is 1. The SMILES string of the molecule is CC[C@@H](C)NC(=O)C1(c2ccc(NS(=O)(=O)c3c(C)cc(C)cc3C)cc2)CC1. The highest BCUT2D eigenvalue weighted by Gasteiger charge is 2.51. The number of amides is 1. The van der Waals surface area contributed by atoms with Crippen molar-refractivity contribution in [3.63, 3.8) is 0 Å². The summed E-state index contributed by atoms with van der Waals surface area (Å²) >= 11 is 0. The monoisotopic (exact) mass is 414 g/mol. The molecule has 3 rings (SSSR count). The summed E-state index contributed by atoms with van der Waals surface area (Å²) < 4.78 is 28.5. The summed E-state index contributed by atoms with van der Waals surface area (Å²) in [6.07, 6.45) is 2.53. The molecule has 1 amide bonds. The molecular weight excluding hydrogens is 384 g/mol. The molecular formula is C23H30N2O3S. The molecule has 1 aliphatic carbocycles. The quantitative estimate of drug-likeness (QED) is 0.707. The average Bonchev–Trinajstić information content (AvgIpc) is 3.42. The number of nitrogens with one attached hydrogen (secondary N) is 2. The van der Waals surface area contributed by atoms with Crippen molar-refractivity contribution in [3.05, 3.63) is 58.7 Å². The van der Waals surface area contributed by atoms with Gasteiger partial charge in [-0.05, 0) is 75.8 Å². The molecule has 0 unspecified atom stereocenters. The summed E-state index contributed by atoms with van der Waals surface area (Å²) in [7, 11) is -3.69. The molecule has 1 saturated carbocycles. The first-order valence-corrected chi connectivity index (χ1v) is 11.6. The molecule has 0 bridgehead atoms. The Morgan fingerprint density at radius 2 is 1.62 bits per heavy atom. The molecule has 5 nitrogen and oxygen atoms in total. The molecule has 0 heterocycles. The molecule has 0 aliphatic heterocycles. The van der Waals surface area contributed by atoms with Crippen LogP contribution in [0.25, 0.3) is 0 Å². The van der Waals surface area contributed by atoms with Gasteiger partial charge in [-0.3, -0.25) is 9.52 Å². The third-order valence-electron chi connectivity index (χ3n) is 5.74. The molecule has 2 aromatic rings. The van der Waals surface area contributed by atoms with E-state index in [1.807, 2.05) is 58.9 Å².